The fourth-order valence-electron chi connectivity index (χ4n) is 1.73. The molecule has 0 aliphatic rings. The van der Waals surface area contributed by atoms with Crippen molar-refractivity contribution in [1.29, 1.82) is 0 Å². The van der Waals surface area contributed by atoms with Gasteiger partial charge in [0.1, 0.15) is 5.69 Å². The van der Waals surface area contributed by atoms with E-state index in [0.29, 0.717) is 11.4 Å². The Labute approximate surface area is 119 Å². The predicted octanol–water partition coefficient (Wildman–Crippen LogP) is 0.641. The molecular weight excluding hydrogens is 278 g/mol. The first-order valence-corrected chi connectivity index (χ1v) is 6.03. The molecule has 0 saturated heterocycles. The Balaban J connectivity index is 2.18. The fourth-order valence-corrected chi connectivity index (χ4v) is 1.73. The Kier molecular flexibility index (Phi) is 4.07. The van der Waals surface area contributed by atoms with E-state index in [1.165, 1.54) is 18.2 Å². The number of anilines is 1. The summed E-state index contributed by atoms with van der Waals surface area (Å²) in [5.41, 5.74) is 0.459. The summed E-state index contributed by atoms with van der Waals surface area (Å²) in [6, 6.07) is 3.64. The number of H-pyrrole nitrogens is 1. The third kappa shape index (κ3) is 3.11. The highest BCUT2D eigenvalue weighted by Crippen LogP contribution is 2.25. The smallest absolute Gasteiger partial charge is 0.292 e. The van der Waals surface area contributed by atoms with Gasteiger partial charge in [-0.25, -0.2) is 0 Å². The Bertz CT molecular complexity index is 656. The number of rotatable bonds is 5. The fraction of sp³-hybridized carbons (Fsp3) is 0.273. The molecule has 2 rings (SSSR count). The molecule has 3 N–H and O–H groups in total. The van der Waals surface area contributed by atoms with Crippen molar-refractivity contribution in [3.63, 3.8) is 0 Å². The third-order valence-corrected chi connectivity index (χ3v) is 2.82. The normalized spacial score (nSPS) is 11.7. The van der Waals surface area contributed by atoms with Gasteiger partial charge >= 0.3 is 0 Å². The highest BCUT2D eigenvalue weighted by Gasteiger charge is 2.18. The van der Waals surface area contributed by atoms with E-state index < -0.39 is 16.9 Å². The van der Waals surface area contributed by atoms with Crippen molar-refractivity contribution in [2.45, 2.75) is 13.0 Å². The molecule has 1 aromatic heterocycles. The molecule has 0 saturated carbocycles. The second-order valence-electron chi connectivity index (χ2n) is 4.20. The number of nitro groups is 1. The minimum absolute atomic E-state index is 0.0970. The molecule has 0 bridgehead atoms. The van der Waals surface area contributed by atoms with Crippen molar-refractivity contribution in [2.75, 3.05) is 12.4 Å². The van der Waals surface area contributed by atoms with Crippen LogP contribution in [0.5, 0.6) is 0 Å². The van der Waals surface area contributed by atoms with Crippen molar-refractivity contribution < 1.29 is 9.72 Å². The number of carbonyl (C=O) groups excluding carboxylic acids is 1. The van der Waals surface area contributed by atoms with Gasteiger partial charge in [-0.2, -0.15) is 5.21 Å². The molecule has 10 nitrogen and oxygen atoms in total. The van der Waals surface area contributed by atoms with Crippen LogP contribution in [0.2, 0.25) is 0 Å². The van der Waals surface area contributed by atoms with E-state index in [-0.39, 0.29) is 11.4 Å². The van der Waals surface area contributed by atoms with Gasteiger partial charge in [-0.15, -0.1) is 10.2 Å². The van der Waals surface area contributed by atoms with Crippen LogP contribution in [0.1, 0.15) is 29.1 Å². The molecule has 21 heavy (non-hydrogen) atoms. The molecule has 1 aromatic carbocycles. The summed E-state index contributed by atoms with van der Waals surface area (Å²) in [6.07, 6.45) is 0. The second-order valence-corrected chi connectivity index (χ2v) is 4.20. The van der Waals surface area contributed by atoms with Gasteiger partial charge in [0.05, 0.1) is 11.0 Å². The van der Waals surface area contributed by atoms with Crippen molar-refractivity contribution in [3.8, 4) is 0 Å². The molecule has 0 radical (unpaired) electrons. The van der Waals surface area contributed by atoms with E-state index in [4.69, 9.17) is 0 Å². The van der Waals surface area contributed by atoms with Crippen molar-refractivity contribution in [3.05, 3.63) is 39.7 Å². The van der Waals surface area contributed by atoms with Crippen LogP contribution in [0, 0.1) is 10.1 Å². The van der Waals surface area contributed by atoms with E-state index in [2.05, 4.69) is 31.3 Å². The lowest BCUT2D eigenvalue weighted by molar-refractivity contribution is -0.383. The van der Waals surface area contributed by atoms with Crippen LogP contribution in [0.3, 0.4) is 0 Å². The summed E-state index contributed by atoms with van der Waals surface area (Å²) in [5.74, 6) is -0.0437. The number of amides is 1. The first-order chi connectivity index (χ1) is 10.0. The summed E-state index contributed by atoms with van der Waals surface area (Å²) in [7, 11) is 1.55. The molecule has 0 aliphatic carbocycles. The van der Waals surface area contributed by atoms with Gasteiger partial charge in [0.15, 0.2) is 5.82 Å². The van der Waals surface area contributed by atoms with Crippen molar-refractivity contribution >= 4 is 17.3 Å². The van der Waals surface area contributed by atoms with Crippen LogP contribution in [0.25, 0.3) is 0 Å². The van der Waals surface area contributed by atoms with Gasteiger partial charge in [-0.3, -0.25) is 14.9 Å². The number of hydrogen-bond donors (Lipinski definition) is 3. The Morgan fingerprint density at radius 3 is 2.81 bits per heavy atom. The number of nitrogens with zero attached hydrogens (tertiary/aromatic N) is 4. The van der Waals surface area contributed by atoms with Crippen LogP contribution in [-0.4, -0.2) is 38.5 Å². The number of tetrazole rings is 1. The lowest BCUT2D eigenvalue weighted by Gasteiger charge is -2.11. The lowest BCUT2D eigenvalue weighted by atomic mass is 10.1. The zero-order chi connectivity index (χ0) is 15.4. The average molecular weight is 291 g/mol. The number of nitro benzene ring substituents is 1. The summed E-state index contributed by atoms with van der Waals surface area (Å²) < 4.78 is 0. The van der Waals surface area contributed by atoms with Crippen LogP contribution < -0.4 is 10.6 Å². The highest BCUT2D eigenvalue weighted by molar-refractivity contribution is 5.96. The summed E-state index contributed by atoms with van der Waals surface area (Å²) >= 11 is 0. The number of hydrogen-bond acceptors (Lipinski definition) is 7. The molecular formula is C11H13N7O3. The van der Waals surface area contributed by atoms with E-state index in [1.54, 1.807) is 14.0 Å². The topological polar surface area (TPSA) is 139 Å². The van der Waals surface area contributed by atoms with E-state index in [9.17, 15) is 14.9 Å². The lowest BCUT2D eigenvalue weighted by Crippen LogP contribution is -2.27. The maximum atomic E-state index is 12.1. The van der Waals surface area contributed by atoms with Gasteiger partial charge in [-0.1, -0.05) is 5.21 Å². The van der Waals surface area contributed by atoms with E-state index >= 15 is 0 Å². The van der Waals surface area contributed by atoms with Crippen molar-refractivity contribution in [2.24, 2.45) is 0 Å². The van der Waals surface area contributed by atoms with Gasteiger partial charge in [0.2, 0.25) is 0 Å². The third-order valence-electron chi connectivity index (χ3n) is 2.82. The van der Waals surface area contributed by atoms with Crippen molar-refractivity contribution in [1.82, 2.24) is 25.9 Å². The molecule has 0 aliphatic heterocycles. The molecule has 110 valence electrons. The Morgan fingerprint density at radius 2 is 2.24 bits per heavy atom. The Morgan fingerprint density at radius 1 is 1.48 bits per heavy atom. The first-order valence-electron chi connectivity index (χ1n) is 6.03. The number of nitrogens with one attached hydrogen (secondary N) is 3. The molecule has 1 amide bonds. The maximum Gasteiger partial charge on any atom is 0.292 e. The number of aromatic nitrogens is 4. The van der Waals surface area contributed by atoms with Gasteiger partial charge in [0, 0.05) is 18.7 Å². The quantitative estimate of drug-likeness (QED) is 0.542. The second kappa shape index (κ2) is 5.94. The first kappa shape index (κ1) is 14.4. The molecule has 0 fully saturated rings. The van der Waals surface area contributed by atoms with Crippen LogP contribution in [-0.2, 0) is 0 Å². The van der Waals surface area contributed by atoms with Gasteiger partial charge < -0.3 is 10.6 Å². The van der Waals surface area contributed by atoms with Gasteiger partial charge in [-0.05, 0) is 19.1 Å². The maximum absolute atomic E-state index is 12.1. The number of aromatic amines is 1. The van der Waals surface area contributed by atoms with Crippen LogP contribution in [0.4, 0.5) is 11.4 Å². The predicted molar refractivity (Wildman–Crippen MR) is 72.7 cm³/mol. The molecule has 2 aromatic rings. The van der Waals surface area contributed by atoms with Gasteiger partial charge in [0.25, 0.3) is 11.6 Å². The summed E-state index contributed by atoms with van der Waals surface area (Å²) in [4.78, 5) is 22.4. The zero-order valence-corrected chi connectivity index (χ0v) is 11.3. The Hall–Kier alpha value is -3.04. The number of carbonyl (C=O) groups is 1. The SMILES string of the molecule is CNc1cc(C(=O)NC(C)c2nn[nH]n2)ccc1[N+](=O)[O-]. The minimum atomic E-state index is -0.518. The molecule has 10 heteroatoms. The monoisotopic (exact) mass is 291 g/mol. The highest BCUT2D eigenvalue weighted by atomic mass is 16.6. The average Bonchev–Trinajstić information content (AvgIpc) is 3.00. The molecule has 1 unspecified atom stereocenters. The molecule has 1 heterocycles. The zero-order valence-electron chi connectivity index (χ0n) is 11.3. The summed E-state index contributed by atoms with van der Waals surface area (Å²) in [5, 5.41) is 29.4. The van der Waals surface area contributed by atoms with Crippen LogP contribution in [0.15, 0.2) is 18.2 Å². The standard InChI is InChI=1S/C11H13N7O3/c1-6(10-14-16-17-15-10)13-11(19)7-3-4-9(18(20)21)8(5-7)12-2/h3-6,12H,1-2H3,(H,13,19)(H,14,15,16,17). The van der Waals surface area contributed by atoms with Crippen LogP contribution >= 0.6 is 0 Å². The van der Waals surface area contributed by atoms with E-state index in [1.807, 2.05) is 0 Å². The largest absolute Gasteiger partial charge is 0.383 e. The molecule has 0 spiro atoms. The minimum Gasteiger partial charge on any atom is -0.383 e. The number of benzene rings is 1. The van der Waals surface area contributed by atoms with E-state index in [0.717, 1.165) is 0 Å². The summed E-state index contributed by atoms with van der Waals surface area (Å²) in [6.45, 7) is 1.70. The molecule has 1 atom stereocenters.